The maximum atomic E-state index is 12.5. The van der Waals surface area contributed by atoms with Crippen LogP contribution in [0.15, 0.2) is 94.4 Å². The molecule has 0 spiro atoms. The lowest BCUT2D eigenvalue weighted by Crippen LogP contribution is -2.16. The number of nitrogens with zero attached hydrogens (tertiary/aromatic N) is 2. The monoisotopic (exact) mass is 493 g/mol. The molecular formula is C30H27N3O4. The summed E-state index contributed by atoms with van der Waals surface area (Å²) in [5.41, 5.74) is 6.81. The first-order valence-corrected chi connectivity index (χ1v) is 11.9. The van der Waals surface area contributed by atoms with Crippen molar-refractivity contribution in [1.82, 2.24) is 9.99 Å². The number of carbonyl (C=O) groups excluding carboxylic acids is 1. The maximum absolute atomic E-state index is 12.5. The third-order valence-corrected chi connectivity index (χ3v) is 6.14. The summed E-state index contributed by atoms with van der Waals surface area (Å²) in [5.74, 6) is 1.75. The van der Waals surface area contributed by atoms with Crippen molar-refractivity contribution < 1.29 is 18.7 Å². The van der Waals surface area contributed by atoms with Crippen molar-refractivity contribution in [2.75, 3.05) is 7.11 Å². The van der Waals surface area contributed by atoms with Gasteiger partial charge in [0, 0.05) is 28.0 Å². The number of rotatable bonds is 8. The van der Waals surface area contributed by atoms with Crippen LogP contribution < -0.4 is 14.9 Å². The van der Waals surface area contributed by atoms with Crippen molar-refractivity contribution in [2.45, 2.75) is 20.5 Å². The lowest BCUT2D eigenvalue weighted by atomic mass is 10.0. The second-order valence-electron chi connectivity index (χ2n) is 8.60. The summed E-state index contributed by atoms with van der Waals surface area (Å²) in [7, 11) is 1.64. The van der Waals surface area contributed by atoms with E-state index >= 15 is 0 Å². The summed E-state index contributed by atoms with van der Waals surface area (Å²) in [6.45, 7) is 4.36. The van der Waals surface area contributed by atoms with Crippen LogP contribution in [0.1, 0.15) is 33.3 Å². The van der Waals surface area contributed by atoms with Crippen LogP contribution >= 0.6 is 0 Å². The van der Waals surface area contributed by atoms with Crippen LogP contribution in [0.25, 0.3) is 16.5 Å². The Morgan fingerprint density at radius 1 is 0.919 bits per heavy atom. The Balaban J connectivity index is 1.19. The number of hydrogen-bond acceptors (Lipinski definition) is 5. The van der Waals surface area contributed by atoms with Crippen LogP contribution in [0.2, 0.25) is 0 Å². The molecule has 1 N–H and O–H groups in total. The Labute approximate surface area is 214 Å². The van der Waals surface area contributed by atoms with Gasteiger partial charge in [-0.2, -0.15) is 5.10 Å². The van der Waals surface area contributed by atoms with Crippen molar-refractivity contribution in [3.8, 4) is 17.2 Å². The summed E-state index contributed by atoms with van der Waals surface area (Å²) in [6.07, 6.45) is 1.60. The number of hydrazone groups is 1. The molecule has 2 heterocycles. The van der Waals surface area contributed by atoms with Gasteiger partial charge in [-0.15, -0.1) is 0 Å². The maximum Gasteiger partial charge on any atom is 0.307 e. The number of hydrogen-bond donors (Lipinski definition) is 1. The predicted molar refractivity (Wildman–Crippen MR) is 144 cm³/mol. The molecule has 37 heavy (non-hydrogen) atoms. The average molecular weight is 494 g/mol. The zero-order chi connectivity index (χ0) is 25.8. The lowest BCUT2D eigenvalue weighted by molar-refractivity contribution is 0.0923. The molecule has 5 rings (SSSR count). The molecule has 0 aliphatic rings. The fourth-order valence-electron chi connectivity index (χ4n) is 4.30. The van der Waals surface area contributed by atoms with E-state index in [1.807, 2.05) is 60.7 Å². The Kier molecular flexibility index (Phi) is 6.76. The Morgan fingerprint density at radius 2 is 1.65 bits per heavy atom. The molecule has 2 aromatic heterocycles. The highest BCUT2D eigenvalue weighted by Crippen LogP contribution is 2.27. The highest BCUT2D eigenvalue weighted by atomic mass is 16.5. The number of aryl methyl sites for hydroxylation is 2. The number of amides is 1. The van der Waals surface area contributed by atoms with Crippen molar-refractivity contribution in [2.24, 2.45) is 5.10 Å². The number of aromatic nitrogens is 1. The minimum absolute atomic E-state index is 0.157. The van der Waals surface area contributed by atoms with E-state index in [4.69, 9.17) is 13.9 Å². The number of benzene rings is 3. The van der Waals surface area contributed by atoms with Crippen molar-refractivity contribution in [1.29, 1.82) is 0 Å². The van der Waals surface area contributed by atoms with Crippen LogP contribution in [0.4, 0.5) is 0 Å². The first kappa shape index (κ1) is 23.9. The molecule has 0 aliphatic carbocycles. The van der Waals surface area contributed by atoms with Crippen molar-refractivity contribution in [3.05, 3.63) is 113 Å². The van der Waals surface area contributed by atoms with Crippen LogP contribution in [0.5, 0.6) is 11.5 Å². The highest BCUT2D eigenvalue weighted by molar-refractivity contribution is 6.02. The first-order chi connectivity index (χ1) is 18.0. The number of nitrogens with one attached hydrogen (secondary N) is 1. The molecule has 0 saturated heterocycles. The normalized spacial score (nSPS) is 11.2. The number of methoxy groups -OCH3 is 1. The third-order valence-electron chi connectivity index (χ3n) is 6.14. The van der Waals surface area contributed by atoms with Gasteiger partial charge in [-0.25, -0.2) is 5.43 Å². The molecule has 3 aromatic carbocycles. The van der Waals surface area contributed by atoms with Gasteiger partial charge < -0.3 is 18.5 Å². The number of fused-ring (bicyclic) bond motifs is 1. The van der Waals surface area contributed by atoms with Gasteiger partial charge in [0.2, 0.25) is 0 Å². The molecule has 1 amide bonds. The second-order valence-corrected chi connectivity index (χ2v) is 8.60. The zero-order valence-corrected chi connectivity index (χ0v) is 20.9. The smallest absolute Gasteiger partial charge is 0.307 e. The molecule has 7 heteroatoms. The molecule has 7 nitrogen and oxygen atoms in total. The largest absolute Gasteiger partial charge is 0.496 e. The summed E-state index contributed by atoms with van der Waals surface area (Å²) in [5, 5.41) is 6.06. The van der Waals surface area contributed by atoms with E-state index in [0.717, 1.165) is 27.8 Å². The Morgan fingerprint density at radius 3 is 2.38 bits per heavy atom. The Hall–Kier alpha value is -4.78. The lowest BCUT2D eigenvalue weighted by Gasteiger charge is -2.10. The van der Waals surface area contributed by atoms with E-state index in [-0.39, 0.29) is 12.4 Å². The standard InChI is InChI=1S/C30H27N3O4/c1-20-8-9-21(2)33(20)23-11-13-24(14-12-23)36-19-25-15-17-29(37-25)30(34)32-31-18-22-10-16-28(35-3)27-7-5-4-6-26(22)27/h4-18H,19H2,1-3H3,(H,32,34)/b31-18+. The highest BCUT2D eigenvalue weighted by Gasteiger charge is 2.12. The second kappa shape index (κ2) is 10.5. The molecule has 186 valence electrons. The van der Waals surface area contributed by atoms with Gasteiger partial charge in [-0.05, 0) is 79.9 Å². The molecule has 0 bridgehead atoms. The average Bonchev–Trinajstić information content (AvgIpc) is 3.54. The number of furan rings is 1. The summed E-state index contributed by atoms with van der Waals surface area (Å²) >= 11 is 0. The van der Waals surface area contributed by atoms with Gasteiger partial charge >= 0.3 is 5.91 Å². The summed E-state index contributed by atoms with van der Waals surface area (Å²) in [6, 6.07) is 27.0. The Bertz CT molecular complexity index is 1560. The van der Waals surface area contributed by atoms with E-state index < -0.39 is 5.91 Å². The molecule has 0 saturated carbocycles. The van der Waals surface area contributed by atoms with Gasteiger partial charge in [-0.3, -0.25) is 4.79 Å². The van der Waals surface area contributed by atoms with E-state index in [2.05, 4.69) is 41.1 Å². The third kappa shape index (κ3) is 5.11. The van der Waals surface area contributed by atoms with Crippen LogP contribution in [0, 0.1) is 13.8 Å². The topological polar surface area (TPSA) is 78.0 Å². The zero-order valence-electron chi connectivity index (χ0n) is 20.9. The minimum Gasteiger partial charge on any atom is -0.496 e. The number of ether oxygens (including phenoxy) is 2. The molecule has 0 radical (unpaired) electrons. The molecule has 5 aromatic rings. The van der Waals surface area contributed by atoms with E-state index in [1.54, 1.807) is 25.5 Å². The van der Waals surface area contributed by atoms with E-state index in [0.29, 0.717) is 11.5 Å². The molecule has 0 aliphatic heterocycles. The summed E-state index contributed by atoms with van der Waals surface area (Å²) < 4.78 is 19.1. The quantitative estimate of drug-likeness (QED) is 0.206. The minimum atomic E-state index is -0.442. The molecule has 0 atom stereocenters. The van der Waals surface area contributed by atoms with Crippen LogP contribution in [-0.2, 0) is 6.61 Å². The van der Waals surface area contributed by atoms with Gasteiger partial charge in [0.25, 0.3) is 0 Å². The van der Waals surface area contributed by atoms with Crippen molar-refractivity contribution >= 4 is 22.9 Å². The molecule has 0 unspecified atom stereocenters. The SMILES string of the molecule is COc1ccc(/C=N/NC(=O)c2ccc(COc3ccc(-n4c(C)ccc4C)cc3)o2)c2ccccc12. The fourth-order valence-corrected chi connectivity index (χ4v) is 4.30. The number of carbonyl (C=O) groups is 1. The van der Waals surface area contributed by atoms with E-state index in [1.165, 1.54) is 11.4 Å². The van der Waals surface area contributed by atoms with Crippen molar-refractivity contribution in [3.63, 3.8) is 0 Å². The molecule has 0 fully saturated rings. The molecular weight excluding hydrogens is 466 g/mol. The van der Waals surface area contributed by atoms with Gasteiger partial charge in [0.15, 0.2) is 5.76 Å². The van der Waals surface area contributed by atoms with E-state index in [9.17, 15) is 4.79 Å². The summed E-state index contributed by atoms with van der Waals surface area (Å²) in [4.78, 5) is 12.5. The van der Waals surface area contributed by atoms with Gasteiger partial charge in [0.1, 0.15) is 23.9 Å². The van der Waals surface area contributed by atoms with Gasteiger partial charge in [-0.1, -0.05) is 24.3 Å². The van der Waals surface area contributed by atoms with Crippen LogP contribution in [-0.4, -0.2) is 23.8 Å². The van der Waals surface area contributed by atoms with Gasteiger partial charge in [0.05, 0.1) is 13.3 Å². The first-order valence-electron chi connectivity index (χ1n) is 11.9. The van der Waals surface area contributed by atoms with Crippen LogP contribution in [0.3, 0.4) is 0 Å². The predicted octanol–water partition coefficient (Wildman–Crippen LogP) is 6.19. The fraction of sp³-hybridized carbons (Fsp3) is 0.133.